The molecule has 1 aliphatic heterocycles. The van der Waals surface area contributed by atoms with Crippen LogP contribution in [0.4, 0.5) is 0 Å². The molecule has 12 heavy (non-hydrogen) atoms. The topological polar surface area (TPSA) is 83.8 Å². The maximum Gasteiger partial charge on any atom is 0.166 e. The molecule has 0 aromatic heterocycles. The van der Waals surface area contributed by atoms with Crippen molar-refractivity contribution in [1.29, 1.82) is 5.26 Å². The fourth-order valence-corrected chi connectivity index (χ4v) is 0.698. The van der Waals surface area contributed by atoms with Gasteiger partial charge in [0.2, 0.25) is 0 Å². The van der Waals surface area contributed by atoms with Crippen LogP contribution in [0.3, 0.4) is 0 Å². The highest BCUT2D eigenvalue weighted by molar-refractivity contribution is 5.45. The van der Waals surface area contributed by atoms with Crippen molar-refractivity contribution < 1.29 is 4.74 Å². The zero-order valence-electron chi connectivity index (χ0n) is 6.61. The molecule has 0 saturated carbocycles. The van der Waals surface area contributed by atoms with Crippen LogP contribution in [0.25, 0.3) is 0 Å². The summed E-state index contributed by atoms with van der Waals surface area (Å²) in [7, 11) is 0. The van der Waals surface area contributed by atoms with Gasteiger partial charge in [-0.05, 0) is 6.92 Å². The molecule has 0 atom stereocenters. The van der Waals surface area contributed by atoms with E-state index in [-0.39, 0.29) is 11.4 Å². The number of nitrogens with two attached hydrogens (primary N) is 1. The molecule has 62 valence electrons. The summed E-state index contributed by atoms with van der Waals surface area (Å²) in [5.74, 6) is 0.142. The van der Waals surface area contributed by atoms with E-state index in [1.54, 1.807) is 0 Å². The molecular formula is C7H8N4O. The van der Waals surface area contributed by atoms with Crippen LogP contribution in [0.5, 0.6) is 0 Å². The molecule has 1 heterocycles. The molecule has 0 amide bonds. The lowest BCUT2D eigenvalue weighted by Gasteiger charge is -1.93. The Morgan fingerprint density at radius 1 is 1.67 bits per heavy atom. The Morgan fingerprint density at radius 3 is 3.00 bits per heavy atom. The number of hydrogen-bond acceptors (Lipinski definition) is 5. The van der Waals surface area contributed by atoms with E-state index in [4.69, 9.17) is 15.7 Å². The molecule has 1 aliphatic rings. The lowest BCUT2D eigenvalue weighted by atomic mass is 10.2. The standard InChI is InChI=1S/C7H8N4O/c1-2-12-4-6-5(3-8)7(9)11-10-6/h4H,2,9H2,1H3. The predicted molar refractivity (Wildman–Crippen MR) is 41.4 cm³/mol. The van der Waals surface area contributed by atoms with Crippen molar-refractivity contribution in [2.75, 3.05) is 6.61 Å². The molecule has 0 bridgehead atoms. The van der Waals surface area contributed by atoms with E-state index >= 15 is 0 Å². The summed E-state index contributed by atoms with van der Waals surface area (Å²) in [5.41, 5.74) is 6.01. The molecule has 5 heteroatoms. The monoisotopic (exact) mass is 164 g/mol. The maximum absolute atomic E-state index is 8.60. The Bertz CT molecular complexity index is 308. The molecule has 0 aliphatic carbocycles. The fraction of sp³-hybridized carbons (Fsp3) is 0.286. The third-order valence-electron chi connectivity index (χ3n) is 1.25. The van der Waals surface area contributed by atoms with Crippen LogP contribution in [0.15, 0.2) is 33.6 Å². The minimum absolute atomic E-state index is 0.142. The highest BCUT2D eigenvalue weighted by atomic mass is 16.5. The van der Waals surface area contributed by atoms with Gasteiger partial charge < -0.3 is 10.5 Å². The molecule has 1 rings (SSSR count). The lowest BCUT2D eigenvalue weighted by molar-refractivity contribution is 0.266. The van der Waals surface area contributed by atoms with Crippen molar-refractivity contribution in [2.45, 2.75) is 6.92 Å². The minimum atomic E-state index is 0.142. The first kappa shape index (κ1) is 8.27. The Kier molecular flexibility index (Phi) is 2.43. The average molecular weight is 164 g/mol. The molecule has 0 aromatic rings. The Morgan fingerprint density at radius 2 is 2.42 bits per heavy atom. The van der Waals surface area contributed by atoms with Gasteiger partial charge in [0.1, 0.15) is 23.6 Å². The number of nitriles is 1. The van der Waals surface area contributed by atoms with Gasteiger partial charge in [-0.15, -0.1) is 10.2 Å². The second-order valence-electron chi connectivity index (χ2n) is 2.03. The first-order chi connectivity index (χ1) is 5.79. The van der Waals surface area contributed by atoms with Crippen LogP contribution >= 0.6 is 0 Å². The second-order valence-corrected chi connectivity index (χ2v) is 2.03. The molecule has 0 fully saturated rings. The highest BCUT2D eigenvalue weighted by Gasteiger charge is 2.15. The summed E-state index contributed by atoms with van der Waals surface area (Å²) >= 11 is 0. The molecule has 2 N–H and O–H groups in total. The van der Waals surface area contributed by atoms with Crippen LogP contribution in [0, 0.1) is 11.3 Å². The van der Waals surface area contributed by atoms with Crippen molar-refractivity contribution in [2.24, 2.45) is 16.0 Å². The zero-order chi connectivity index (χ0) is 8.97. The number of allylic oxidation sites excluding steroid dienone is 1. The van der Waals surface area contributed by atoms with Gasteiger partial charge in [-0.2, -0.15) is 5.26 Å². The van der Waals surface area contributed by atoms with Gasteiger partial charge in [-0.25, -0.2) is 0 Å². The third-order valence-corrected chi connectivity index (χ3v) is 1.25. The van der Waals surface area contributed by atoms with Crippen LogP contribution in [0.2, 0.25) is 0 Å². The third kappa shape index (κ3) is 1.42. The number of azo groups is 1. The summed E-state index contributed by atoms with van der Waals surface area (Å²) in [5, 5.41) is 15.8. The molecule has 0 unspecified atom stereocenters. The molecule has 0 aromatic carbocycles. The van der Waals surface area contributed by atoms with Crippen LogP contribution in [0.1, 0.15) is 6.92 Å². The number of hydrogen-bond donors (Lipinski definition) is 1. The maximum atomic E-state index is 8.60. The van der Waals surface area contributed by atoms with E-state index < -0.39 is 0 Å². The highest BCUT2D eigenvalue weighted by Crippen LogP contribution is 2.21. The number of ether oxygens (including phenoxy) is 1. The molecule has 5 nitrogen and oxygen atoms in total. The molecule has 0 spiro atoms. The Balaban J connectivity index is 2.85. The normalized spacial score (nSPS) is 18.5. The van der Waals surface area contributed by atoms with E-state index in [9.17, 15) is 0 Å². The van der Waals surface area contributed by atoms with E-state index in [0.717, 1.165) is 0 Å². The lowest BCUT2D eigenvalue weighted by Crippen LogP contribution is -1.94. The smallest absolute Gasteiger partial charge is 0.166 e. The average Bonchev–Trinajstić information content (AvgIpc) is 2.43. The summed E-state index contributed by atoms with van der Waals surface area (Å²) in [6, 6.07) is 1.89. The van der Waals surface area contributed by atoms with E-state index in [1.807, 2.05) is 13.0 Å². The second kappa shape index (κ2) is 3.53. The van der Waals surface area contributed by atoms with Crippen LogP contribution in [-0.4, -0.2) is 6.61 Å². The van der Waals surface area contributed by atoms with E-state index in [2.05, 4.69) is 10.2 Å². The summed E-state index contributed by atoms with van der Waals surface area (Å²) < 4.78 is 4.94. The van der Waals surface area contributed by atoms with Crippen molar-refractivity contribution in [3.05, 3.63) is 23.4 Å². The first-order valence-corrected chi connectivity index (χ1v) is 3.43. The van der Waals surface area contributed by atoms with Gasteiger partial charge in [0.15, 0.2) is 5.82 Å². The van der Waals surface area contributed by atoms with Gasteiger partial charge in [-0.3, -0.25) is 0 Å². The van der Waals surface area contributed by atoms with Crippen LogP contribution < -0.4 is 5.73 Å². The van der Waals surface area contributed by atoms with Gasteiger partial charge in [0.05, 0.1) is 6.61 Å². The number of nitrogens with zero attached hydrogens (tertiary/aromatic N) is 3. The minimum Gasteiger partial charge on any atom is -0.499 e. The van der Waals surface area contributed by atoms with E-state index in [0.29, 0.717) is 12.3 Å². The molecular weight excluding hydrogens is 156 g/mol. The van der Waals surface area contributed by atoms with Crippen molar-refractivity contribution in [3.63, 3.8) is 0 Å². The van der Waals surface area contributed by atoms with E-state index in [1.165, 1.54) is 6.26 Å². The predicted octanol–water partition coefficient (Wildman–Crippen LogP) is 1.02. The largest absolute Gasteiger partial charge is 0.499 e. The zero-order valence-corrected chi connectivity index (χ0v) is 6.61. The quantitative estimate of drug-likeness (QED) is 0.618. The molecule has 0 radical (unpaired) electrons. The van der Waals surface area contributed by atoms with Gasteiger partial charge in [0, 0.05) is 0 Å². The number of rotatable bonds is 2. The summed E-state index contributed by atoms with van der Waals surface area (Å²) in [6.45, 7) is 2.36. The first-order valence-electron chi connectivity index (χ1n) is 3.43. The summed E-state index contributed by atoms with van der Waals surface area (Å²) in [4.78, 5) is 0. The Hall–Kier alpha value is -1.83. The van der Waals surface area contributed by atoms with Gasteiger partial charge in [-0.1, -0.05) is 0 Å². The van der Waals surface area contributed by atoms with Crippen molar-refractivity contribution in [3.8, 4) is 6.07 Å². The Labute approximate surface area is 69.8 Å². The van der Waals surface area contributed by atoms with Crippen molar-refractivity contribution >= 4 is 0 Å². The summed E-state index contributed by atoms with van der Waals surface area (Å²) in [6.07, 6.45) is 1.38. The van der Waals surface area contributed by atoms with Crippen molar-refractivity contribution in [1.82, 2.24) is 0 Å². The molecule has 0 saturated heterocycles. The van der Waals surface area contributed by atoms with Crippen LogP contribution in [-0.2, 0) is 4.74 Å². The van der Waals surface area contributed by atoms with Gasteiger partial charge >= 0.3 is 0 Å². The van der Waals surface area contributed by atoms with Gasteiger partial charge in [0.25, 0.3) is 0 Å². The fourth-order valence-electron chi connectivity index (χ4n) is 0.698. The SMILES string of the molecule is CCOC=C1N=NC(N)=C1C#N.